The van der Waals surface area contributed by atoms with Crippen LogP contribution < -0.4 is 13.7 Å². The van der Waals surface area contributed by atoms with Crippen molar-refractivity contribution in [2.45, 2.75) is 13.5 Å². The van der Waals surface area contributed by atoms with Gasteiger partial charge in [-0.25, -0.2) is 4.57 Å². The summed E-state index contributed by atoms with van der Waals surface area (Å²) >= 11 is 0. The van der Waals surface area contributed by atoms with Gasteiger partial charge in [0.2, 0.25) is 22.8 Å². The van der Waals surface area contributed by atoms with Gasteiger partial charge in [0.25, 0.3) is 0 Å². The quantitative estimate of drug-likeness (QED) is 0.231. The first-order valence-electron chi connectivity index (χ1n) is 13.4. The number of aryl methyl sites for hydroxylation is 2. The number of aromatic nitrogens is 3. The molecule has 6 rings (SSSR count). The summed E-state index contributed by atoms with van der Waals surface area (Å²) in [6.07, 6.45) is 6.46. The molecule has 3 aromatic carbocycles. The minimum atomic E-state index is 0.764. The van der Waals surface area contributed by atoms with E-state index in [1.54, 1.807) is 0 Å². The van der Waals surface area contributed by atoms with Crippen molar-refractivity contribution in [3.63, 3.8) is 0 Å². The van der Waals surface area contributed by atoms with Crippen LogP contribution in [0.1, 0.15) is 11.1 Å². The van der Waals surface area contributed by atoms with Crippen LogP contribution in [0.15, 0.2) is 146 Å². The van der Waals surface area contributed by atoms with E-state index < -0.39 is 0 Å². The van der Waals surface area contributed by atoms with Crippen molar-refractivity contribution in [3.05, 3.63) is 157 Å². The van der Waals surface area contributed by atoms with Crippen molar-refractivity contribution in [1.82, 2.24) is 0 Å². The number of benzene rings is 3. The second kappa shape index (κ2) is 10.8. The molecule has 0 unspecified atom stereocenters. The number of hydrogen-bond acceptors (Lipinski definition) is 0. The third-order valence-electron chi connectivity index (χ3n) is 7.35. The molecule has 0 aliphatic heterocycles. The second-order valence-corrected chi connectivity index (χ2v) is 9.86. The Kier molecular flexibility index (Phi) is 6.80. The van der Waals surface area contributed by atoms with Crippen LogP contribution in [0.25, 0.3) is 39.5 Å². The summed E-state index contributed by atoms with van der Waals surface area (Å²) < 4.78 is 6.86. The highest BCUT2D eigenvalue weighted by molar-refractivity contribution is 5.67. The third-order valence-corrected chi connectivity index (χ3v) is 7.35. The molecule has 0 aliphatic rings. The largest absolute Gasteiger partial charge is 0.225 e. The van der Waals surface area contributed by atoms with Crippen molar-refractivity contribution in [3.8, 4) is 39.5 Å². The fraction of sp³-hybridized carbons (Fsp3) is 0.0833. The minimum Gasteiger partial charge on any atom is -0.201 e. The Bertz CT molecular complexity index is 1770. The summed E-state index contributed by atoms with van der Waals surface area (Å²) in [6, 6.07) is 45.2. The van der Waals surface area contributed by atoms with Crippen LogP contribution in [-0.4, -0.2) is 0 Å². The lowest BCUT2D eigenvalue weighted by molar-refractivity contribution is -0.678. The molecule has 0 aliphatic carbocycles. The summed E-state index contributed by atoms with van der Waals surface area (Å²) in [6.45, 7) is 2.94. The topological polar surface area (TPSA) is 11.6 Å². The van der Waals surface area contributed by atoms with Crippen LogP contribution in [0.2, 0.25) is 0 Å². The Morgan fingerprint density at radius 3 is 1.87 bits per heavy atom. The van der Waals surface area contributed by atoms with Gasteiger partial charge in [-0.1, -0.05) is 48.5 Å². The lowest BCUT2D eigenvalue weighted by Gasteiger charge is -2.11. The van der Waals surface area contributed by atoms with Crippen LogP contribution in [0.5, 0.6) is 0 Å². The van der Waals surface area contributed by atoms with E-state index in [9.17, 15) is 0 Å². The lowest BCUT2D eigenvalue weighted by Crippen LogP contribution is -2.39. The van der Waals surface area contributed by atoms with Crippen LogP contribution in [-0.2, 0) is 13.6 Å². The summed E-state index contributed by atoms with van der Waals surface area (Å²) in [7, 11) is 2.10. The van der Waals surface area contributed by atoms with Crippen LogP contribution in [0, 0.1) is 6.92 Å². The monoisotopic (exact) mass is 506 g/mol. The van der Waals surface area contributed by atoms with Gasteiger partial charge < -0.3 is 0 Å². The Balaban J connectivity index is 1.48. The van der Waals surface area contributed by atoms with Crippen LogP contribution in [0.3, 0.4) is 0 Å². The number of pyridine rings is 3. The van der Waals surface area contributed by atoms with Gasteiger partial charge in [0, 0.05) is 53.6 Å². The fourth-order valence-corrected chi connectivity index (χ4v) is 5.39. The smallest absolute Gasteiger partial charge is 0.201 e. The molecule has 3 heteroatoms. The zero-order valence-corrected chi connectivity index (χ0v) is 22.4. The van der Waals surface area contributed by atoms with E-state index in [-0.39, 0.29) is 0 Å². The van der Waals surface area contributed by atoms with Crippen LogP contribution in [0.4, 0.5) is 0 Å². The molecule has 0 spiro atoms. The van der Waals surface area contributed by atoms with Gasteiger partial charge in [0.1, 0.15) is 12.6 Å². The van der Waals surface area contributed by atoms with E-state index in [4.69, 9.17) is 0 Å². The molecular formula is C36H32N3+3. The SMILES string of the molecule is Cc1ccccc1-c1cccc[n+]1-c1ccccc1-c1cccc[n+]1Cc1ccccc1-c1cccc[n+]1C. The van der Waals surface area contributed by atoms with Crippen molar-refractivity contribution in [2.24, 2.45) is 7.05 Å². The first-order valence-corrected chi connectivity index (χ1v) is 13.4. The maximum Gasteiger partial charge on any atom is 0.225 e. The molecule has 188 valence electrons. The third kappa shape index (κ3) is 4.87. The number of para-hydroxylation sites is 1. The minimum absolute atomic E-state index is 0.764. The van der Waals surface area contributed by atoms with E-state index in [1.807, 2.05) is 0 Å². The van der Waals surface area contributed by atoms with Crippen molar-refractivity contribution < 1.29 is 13.7 Å². The Morgan fingerprint density at radius 2 is 1.08 bits per heavy atom. The molecule has 0 radical (unpaired) electrons. The average Bonchev–Trinajstić information content (AvgIpc) is 2.98. The fourth-order valence-electron chi connectivity index (χ4n) is 5.39. The van der Waals surface area contributed by atoms with Gasteiger partial charge in [-0.05, 0) is 48.9 Å². The summed E-state index contributed by atoms with van der Waals surface area (Å²) in [5.41, 5.74) is 10.9. The number of nitrogens with zero attached hydrogens (tertiary/aromatic N) is 3. The molecule has 0 saturated heterocycles. The maximum absolute atomic E-state index is 2.36. The number of rotatable bonds is 6. The predicted octanol–water partition coefficient (Wildman–Crippen LogP) is 6.43. The van der Waals surface area contributed by atoms with E-state index in [2.05, 4.69) is 174 Å². The van der Waals surface area contributed by atoms with Gasteiger partial charge in [0.05, 0.1) is 5.56 Å². The van der Waals surface area contributed by atoms with Gasteiger partial charge in [0.15, 0.2) is 25.1 Å². The Morgan fingerprint density at radius 1 is 0.487 bits per heavy atom. The lowest BCUT2D eigenvalue weighted by atomic mass is 10.0. The molecule has 0 atom stereocenters. The summed E-state index contributed by atoms with van der Waals surface area (Å²) in [4.78, 5) is 0. The molecule has 0 N–H and O–H groups in total. The molecule has 6 aromatic rings. The maximum atomic E-state index is 2.36. The normalized spacial score (nSPS) is 10.9. The molecule has 0 bridgehead atoms. The zero-order valence-electron chi connectivity index (χ0n) is 22.4. The van der Waals surface area contributed by atoms with Gasteiger partial charge in [-0.3, -0.25) is 0 Å². The van der Waals surface area contributed by atoms with E-state index in [0.29, 0.717) is 0 Å². The number of hydrogen-bond donors (Lipinski definition) is 0. The molecule has 0 amide bonds. The van der Waals surface area contributed by atoms with Crippen LogP contribution >= 0.6 is 0 Å². The van der Waals surface area contributed by atoms with Gasteiger partial charge in [-0.2, -0.15) is 9.13 Å². The second-order valence-electron chi connectivity index (χ2n) is 9.86. The molecule has 3 heterocycles. The summed E-state index contributed by atoms with van der Waals surface area (Å²) in [5, 5.41) is 0. The average molecular weight is 507 g/mol. The molecule has 0 saturated carbocycles. The highest BCUT2D eigenvalue weighted by Crippen LogP contribution is 2.26. The zero-order chi connectivity index (χ0) is 26.6. The molecular weight excluding hydrogens is 474 g/mol. The highest BCUT2D eigenvalue weighted by Gasteiger charge is 2.25. The standard InChI is InChI=1S/C36H32N3/c1-28-15-3-5-17-30(28)35-23-11-14-26-39(35)36-22-8-7-19-32(36)34-21-10-13-25-38(34)27-29-16-4-6-18-31(29)33-20-9-12-24-37(33)2/h3-26H,27H2,1-2H3/q+3. The Hall–Kier alpha value is -4.89. The van der Waals surface area contributed by atoms with Gasteiger partial charge in [-0.15, -0.1) is 0 Å². The first kappa shape index (κ1) is 24.4. The van der Waals surface area contributed by atoms with Crippen molar-refractivity contribution >= 4 is 0 Å². The predicted molar refractivity (Wildman–Crippen MR) is 156 cm³/mol. The van der Waals surface area contributed by atoms with E-state index >= 15 is 0 Å². The molecule has 0 fully saturated rings. The molecule has 3 aromatic heterocycles. The van der Waals surface area contributed by atoms with Crippen molar-refractivity contribution in [2.75, 3.05) is 0 Å². The molecule has 39 heavy (non-hydrogen) atoms. The van der Waals surface area contributed by atoms with E-state index in [1.165, 1.54) is 44.9 Å². The summed E-state index contributed by atoms with van der Waals surface area (Å²) in [5.74, 6) is 0. The highest BCUT2D eigenvalue weighted by atomic mass is 15.0. The van der Waals surface area contributed by atoms with Crippen molar-refractivity contribution in [1.29, 1.82) is 0 Å². The molecule has 3 nitrogen and oxygen atoms in total. The van der Waals surface area contributed by atoms with Gasteiger partial charge >= 0.3 is 0 Å². The van der Waals surface area contributed by atoms with E-state index in [0.717, 1.165) is 12.2 Å². The Labute approximate surface area is 230 Å². The first-order chi connectivity index (χ1) is 19.2.